The highest BCUT2D eigenvalue weighted by Crippen LogP contribution is 2.19. The van der Waals surface area contributed by atoms with Crippen molar-refractivity contribution in [3.05, 3.63) is 17.0 Å². The summed E-state index contributed by atoms with van der Waals surface area (Å²) in [5.41, 5.74) is 0.971. The van der Waals surface area contributed by atoms with Crippen molar-refractivity contribution in [3.8, 4) is 0 Å². The molecule has 0 aliphatic rings. The van der Waals surface area contributed by atoms with Gasteiger partial charge in [0.2, 0.25) is 0 Å². The molecule has 0 atom stereocenters. The summed E-state index contributed by atoms with van der Waals surface area (Å²) >= 11 is 6.02. The maximum Gasteiger partial charge on any atom is 0.137 e. The molecule has 0 radical (unpaired) electrons. The van der Waals surface area contributed by atoms with Crippen LogP contribution in [0.3, 0.4) is 0 Å². The number of halogens is 1. The Morgan fingerprint density at radius 2 is 2.17 bits per heavy atom. The summed E-state index contributed by atoms with van der Waals surface area (Å²) in [5, 5.41) is 3.82. The zero-order chi connectivity index (χ0) is 13.4. The van der Waals surface area contributed by atoms with Crippen LogP contribution >= 0.6 is 11.6 Å². The number of rotatable bonds is 8. The molecule has 5 nitrogen and oxygen atoms in total. The lowest BCUT2D eigenvalue weighted by molar-refractivity contribution is 0.163. The Morgan fingerprint density at radius 3 is 2.83 bits per heavy atom. The van der Waals surface area contributed by atoms with Gasteiger partial charge in [-0.15, -0.1) is 0 Å². The van der Waals surface area contributed by atoms with E-state index in [0.29, 0.717) is 5.15 Å². The number of hydrogen-bond acceptors (Lipinski definition) is 5. The molecule has 1 aromatic rings. The minimum atomic E-state index is 0.530. The Kier molecular flexibility index (Phi) is 6.93. The largest absolute Gasteiger partial charge is 0.383 e. The Balaban J connectivity index is 2.41. The smallest absolute Gasteiger partial charge is 0.137 e. The third-order valence-electron chi connectivity index (χ3n) is 2.71. The minimum absolute atomic E-state index is 0.530. The molecule has 102 valence electrons. The van der Waals surface area contributed by atoms with Gasteiger partial charge in [0, 0.05) is 32.3 Å². The van der Waals surface area contributed by atoms with Crippen LogP contribution in [0.25, 0.3) is 0 Å². The summed E-state index contributed by atoms with van der Waals surface area (Å²) < 4.78 is 5.03. The minimum Gasteiger partial charge on any atom is -0.383 e. The van der Waals surface area contributed by atoms with E-state index in [1.165, 1.54) is 6.33 Å². The molecule has 0 unspecified atom stereocenters. The first-order valence-corrected chi connectivity index (χ1v) is 6.47. The van der Waals surface area contributed by atoms with Gasteiger partial charge < -0.3 is 15.0 Å². The maximum absolute atomic E-state index is 6.02. The standard InChI is InChI=1S/C12H21ClN4O/c1-4-10-11(13)15-9-16-12(10)14-5-6-17(2)7-8-18-3/h9H,4-8H2,1-3H3,(H,14,15,16). The fourth-order valence-electron chi connectivity index (χ4n) is 1.58. The first-order chi connectivity index (χ1) is 8.69. The maximum atomic E-state index is 6.02. The fourth-order valence-corrected chi connectivity index (χ4v) is 1.85. The summed E-state index contributed by atoms with van der Waals surface area (Å²) in [4.78, 5) is 10.4. The Labute approximate surface area is 114 Å². The summed E-state index contributed by atoms with van der Waals surface area (Å²) in [7, 11) is 3.77. The van der Waals surface area contributed by atoms with E-state index in [-0.39, 0.29) is 0 Å². The molecule has 6 heteroatoms. The molecule has 1 aromatic heterocycles. The summed E-state index contributed by atoms with van der Waals surface area (Å²) in [5.74, 6) is 0.831. The van der Waals surface area contributed by atoms with Gasteiger partial charge in [-0.2, -0.15) is 0 Å². The van der Waals surface area contributed by atoms with E-state index < -0.39 is 0 Å². The molecule has 0 bridgehead atoms. The Morgan fingerprint density at radius 1 is 1.39 bits per heavy atom. The zero-order valence-electron chi connectivity index (χ0n) is 11.2. The molecule has 1 rings (SSSR count). The van der Waals surface area contributed by atoms with Crippen molar-refractivity contribution in [1.29, 1.82) is 0 Å². The molecule has 0 amide bonds. The Bertz CT molecular complexity index is 362. The third-order valence-corrected chi connectivity index (χ3v) is 3.04. The van der Waals surface area contributed by atoms with Crippen LogP contribution in [0.1, 0.15) is 12.5 Å². The van der Waals surface area contributed by atoms with E-state index in [0.717, 1.165) is 44.0 Å². The second-order valence-corrected chi connectivity index (χ2v) is 4.43. The number of likely N-dealkylation sites (N-methyl/N-ethyl adjacent to an activating group) is 1. The number of nitrogens with one attached hydrogen (secondary N) is 1. The molecule has 0 saturated carbocycles. The predicted molar refractivity (Wildman–Crippen MR) is 74.3 cm³/mol. The van der Waals surface area contributed by atoms with Gasteiger partial charge in [-0.3, -0.25) is 0 Å². The summed E-state index contributed by atoms with van der Waals surface area (Å²) in [6.45, 7) is 5.45. The predicted octanol–water partition coefficient (Wildman–Crippen LogP) is 1.68. The molecule has 0 aliphatic heterocycles. The highest BCUT2D eigenvalue weighted by atomic mass is 35.5. The number of ether oxygens (including phenoxy) is 1. The SMILES string of the molecule is CCc1c(Cl)ncnc1NCCN(C)CCOC. The molecule has 0 spiro atoms. The van der Waals surface area contributed by atoms with E-state index in [9.17, 15) is 0 Å². The lowest BCUT2D eigenvalue weighted by Crippen LogP contribution is -2.28. The van der Waals surface area contributed by atoms with Gasteiger partial charge >= 0.3 is 0 Å². The number of aromatic nitrogens is 2. The highest BCUT2D eigenvalue weighted by molar-refractivity contribution is 6.30. The first-order valence-electron chi connectivity index (χ1n) is 6.09. The van der Waals surface area contributed by atoms with Crippen molar-refractivity contribution in [2.75, 3.05) is 45.7 Å². The zero-order valence-corrected chi connectivity index (χ0v) is 12.0. The average molecular weight is 273 g/mol. The normalized spacial score (nSPS) is 10.9. The summed E-state index contributed by atoms with van der Waals surface area (Å²) in [6.07, 6.45) is 2.31. The van der Waals surface area contributed by atoms with Crippen LogP contribution in [-0.4, -0.2) is 55.3 Å². The van der Waals surface area contributed by atoms with Crippen LogP contribution in [0.2, 0.25) is 5.15 Å². The van der Waals surface area contributed by atoms with Gasteiger partial charge in [-0.1, -0.05) is 18.5 Å². The molecule has 0 aliphatic carbocycles. The van der Waals surface area contributed by atoms with Gasteiger partial charge in [0.15, 0.2) is 0 Å². The highest BCUT2D eigenvalue weighted by Gasteiger charge is 2.07. The van der Waals surface area contributed by atoms with Crippen molar-refractivity contribution in [1.82, 2.24) is 14.9 Å². The monoisotopic (exact) mass is 272 g/mol. The van der Waals surface area contributed by atoms with Crippen LogP contribution in [0, 0.1) is 0 Å². The second-order valence-electron chi connectivity index (χ2n) is 4.07. The fraction of sp³-hybridized carbons (Fsp3) is 0.667. The number of methoxy groups -OCH3 is 1. The van der Waals surface area contributed by atoms with Crippen LogP contribution < -0.4 is 5.32 Å². The van der Waals surface area contributed by atoms with Crippen LogP contribution in [0.15, 0.2) is 6.33 Å². The van der Waals surface area contributed by atoms with E-state index in [1.54, 1.807) is 7.11 Å². The van der Waals surface area contributed by atoms with E-state index >= 15 is 0 Å². The second kappa shape index (κ2) is 8.24. The topological polar surface area (TPSA) is 50.3 Å². The van der Waals surface area contributed by atoms with Gasteiger partial charge in [-0.05, 0) is 13.5 Å². The molecular formula is C12H21ClN4O. The molecule has 1 N–H and O–H groups in total. The number of nitrogens with zero attached hydrogens (tertiary/aromatic N) is 3. The van der Waals surface area contributed by atoms with Crippen molar-refractivity contribution >= 4 is 17.4 Å². The van der Waals surface area contributed by atoms with Crippen molar-refractivity contribution in [2.45, 2.75) is 13.3 Å². The molecule has 1 heterocycles. The van der Waals surface area contributed by atoms with Crippen molar-refractivity contribution in [2.24, 2.45) is 0 Å². The van der Waals surface area contributed by atoms with Crippen LogP contribution in [0.4, 0.5) is 5.82 Å². The molecule has 0 aromatic carbocycles. The van der Waals surface area contributed by atoms with Crippen LogP contribution in [-0.2, 0) is 11.2 Å². The van der Waals surface area contributed by atoms with Gasteiger partial charge in [0.1, 0.15) is 17.3 Å². The van der Waals surface area contributed by atoms with Crippen molar-refractivity contribution in [3.63, 3.8) is 0 Å². The first kappa shape index (κ1) is 15.1. The van der Waals surface area contributed by atoms with Crippen LogP contribution in [0.5, 0.6) is 0 Å². The van der Waals surface area contributed by atoms with E-state index in [1.807, 2.05) is 6.92 Å². The summed E-state index contributed by atoms with van der Waals surface area (Å²) in [6, 6.07) is 0. The molecule has 0 saturated heterocycles. The van der Waals surface area contributed by atoms with E-state index in [2.05, 4.69) is 27.2 Å². The molecule has 18 heavy (non-hydrogen) atoms. The lowest BCUT2D eigenvalue weighted by Gasteiger charge is -2.17. The van der Waals surface area contributed by atoms with Gasteiger partial charge in [0.25, 0.3) is 0 Å². The quantitative estimate of drug-likeness (QED) is 0.730. The third kappa shape index (κ3) is 4.76. The molecule has 0 fully saturated rings. The number of anilines is 1. The number of hydrogen-bond donors (Lipinski definition) is 1. The van der Waals surface area contributed by atoms with Gasteiger partial charge in [-0.25, -0.2) is 9.97 Å². The average Bonchev–Trinajstić information content (AvgIpc) is 2.36. The Hall–Kier alpha value is -0.910. The van der Waals surface area contributed by atoms with E-state index in [4.69, 9.17) is 16.3 Å². The molecular weight excluding hydrogens is 252 g/mol. The van der Waals surface area contributed by atoms with Gasteiger partial charge in [0.05, 0.1) is 6.61 Å². The van der Waals surface area contributed by atoms with Crippen molar-refractivity contribution < 1.29 is 4.74 Å². The lowest BCUT2D eigenvalue weighted by atomic mass is 10.2.